The molecule has 0 bridgehead atoms. The molecular formula is C19H14O5. The summed E-state index contributed by atoms with van der Waals surface area (Å²) in [5.41, 5.74) is 0. The summed E-state index contributed by atoms with van der Waals surface area (Å²) < 4.78 is 21.2. The number of hydrogen-bond donors (Lipinski definition) is 0. The second kappa shape index (κ2) is 6.12. The van der Waals surface area contributed by atoms with Gasteiger partial charge in [-0.2, -0.15) is 0 Å². The molecule has 0 saturated carbocycles. The zero-order valence-electron chi connectivity index (χ0n) is 12.7. The molecule has 3 aromatic rings. The number of hydrogen-bond acceptors (Lipinski definition) is 5. The van der Waals surface area contributed by atoms with Crippen LogP contribution in [0.2, 0.25) is 0 Å². The van der Waals surface area contributed by atoms with Crippen LogP contribution in [0.25, 0.3) is 10.8 Å². The highest BCUT2D eigenvalue weighted by Crippen LogP contribution is 2.35. The van der Waals surface area contributed by atoms with Crippen molar-refractivity contribution in [2.24, 2.45) is 0 Å². The van der Waals surface area contributed by atoms with Crippen LogP contribution in [0.15, 0.2) is 60.7 Å². The molecule has 24 heavy (non-hydrogen) atoms. The Kier molecular flexibility index (Phi) is 3.67. The van der Waals surface area contributed by atoms with Crippen LogP contribution in [0.3, 0.4) is 0 Å². The molecule has 4 rings (SSSR count). The Morgan fingerprint density at radius 1 is 0.875 bits per heavy atom. The average Bonchev–Trinajstić information content (AvgIpc) is 3.07. The van der Waals surface area contributed by atoms with E-state index in [9.17, 15) is 4.79 Å². The molecule has 1 aliphatic rings. The average molecular weight is 322 g/mol. The van der Waals surface area contributed by atoms with Crippen molar-refractivity contribution >= 4 is 16.7 Å². The minimum absolute atomic E-state index is 0.174. The number of ether oxygens (including phenoxy) is 4. The molecule has 3 aromatic carbocycles. The first-order chi connectivity index (χ1) is 11.8. The van der Waals surface area contributed by atoms with Gasteiger partial charge in [-0.3, -0.25) is 0 Å². The van der Waals surface area contributed by atoms with Crippen molar-refractivity contribution in [3.63, 3.8) is 0 Å². The van der Waals surface area contributed by atoms with Gasteiger partial charge >= 0.3 is 5.97 Å². The van der Waals surface area contributed by atoms with E-state index in [-0.39, 0.29) is 13.4 Å². The zero-order valence-corrected chi connectivity index (χ0v) is 12.7. The van der Waals surface area contributed by atoms with Crippen molar-refractivity contribution in [2.75, 3.05) is 13.4 Å². The van der Waals surface area contributed by atoms with Crippen molar-refractivity contribution in [1.29, 1.82) is 0 Å². The predicted octanol–water partition coefficient (Wildman–Crippen LogP) is 3.55. The van der Waals surface area contributed by atoms with Crippen LogP contribution in [-0.2, 0) is 4.79 Å². The van der Waals surface area contributed by atoms with Gasteiger partial charge in [-0.05, 0) is 35.0 Å². The zero-order chi connectivity index (χ0) is 16.4. The molecule has 1 heterocycles. The van der Waals surface area contributed by atoms with E-state index in [0.717, 1.165) is 10.8 Å². The van der Waals surface area contributed by atoms with Gasteiger partial charge in [0.1, 0.15) is 11.5 Å². The van der Waals surface area contributed by atoms with Gasteiger partial charge in [-0.25, -0.2) is 4.79 Å². The second-order valence-electron chi connectivity index (χ2n) is 5.29. The number of carbonyl (C=O) groups excluding carboxylic acids is 1. The fourth-order valence-corrected chi connectivity index (χ4v) is 2.50. The molecule has 0 N–H and O–H groups in total. The summed E-state index contributed by atoms with van der Waals surface area (Å²) in [5.74, 6) is 1.74. The number of carbonyl (C=O) groups is 1. The molecule has 0 aliphatic carbocycles. The highest BCUT2D eigenvalue weighted by Gasteiger charge is 2.15. The molecule has 0 aromatic heterocycles. The van der Waals surface area contributed by atoms with Gasteiger partial charge in [-0.1, -0.05) is 30.3 Å². The fraction of sp³-hybridized carbons (Fsp3) is 0.105. The van der Waals surface area contributed by atoms with E-state index in [2.05, 4.69) is 0 Å². The van der Waals surface area contributed by atoms with Crippen molar-refractivity contribution in [1.82, 2.24) is 0 Å². The molecule has 0 atom stereocenters. The Balaban J connectivity index is 1.39. The van der Waals surface area contributed by atoms with Crippen molar-refractivity contribution in [2.45, 2.75) is 0 Å². The van der Waals surface area contributed by atoms with Crippen LogP contribution in [0.1, 0.15) is 0 Å². The molecular weight excluding hydrogens is 308 g/mol. The highest BCUT2D eigenvalue weighted by atomic mass is 16.7. The first-order valence-electron chi connectivity index (χ1n) is 7.50. The third-order valence-corrected chi connectivity index (χ3v) is 3.65. The van der Waals surface area contributed by atoms with Gasteiger partial charge in [0.15, 0.2) is 18.1 Å². The van der Waals surface area contributed by atoms with Crippen molar-refractivity contribution < 1.29 is 23.7 Å². The number of rotatable bonds is 4. The lowest BCUT2D eigenvalue weighted by Crippen LogP contribution is -2.17. The third kappa shape index (κ3) is 2.96. The molecule has 0 fully saturated rings. The quantitative estimate of drug-likeness (QED) is 0.543. The van der Waals surface area contributed by atoms with E-state index in [4.69, 9.17) is 18.9 Å². The van der Waals surface area contributed by atoms with Crippen LogP contribution in [-0.4, -0.2) is 19.4 Å². The summed E-state index contributed by atoms with van der Waals surface area (Å²) in [6, 6.07) is 18.6. The van der Waals surface area contributed by atoms with Crippen molar-refractivity contribution in [3.8, 4) is 23.0 Å². The van der Waals surface area contributed by atoms with Crippen LogP contribution >= 0.6 is 0 Å². The first kappa shape index (κ1) is 14.4. The van der Waals surface area contributed by atoms with Gasteiger partial charge in [0.25, 0.3) is 0 Å². The maximum Gasteiger partial charge on any atom is 0.349 e. The molecule has 0 spiro atoms. The molecule has 120 valence electrons. The highest BCUT2D eigenvalue weighted by molar-refractivity contribution is 5.84. The summed E-state index contributed by atoms with van der Waals surface area (Å²) >= 11 is 0. The SMILES string of the molecule is O=C(COc1ccc2ccccc2c1)Oc1ccc2c(c1)OCO2. The Hall–Kier alpha value is -3.21. The molecule has 1 aliphatic heterocycles. The number of esters is 1. The van der Waals surface area contributed by atoms with E-state index in [1.54, 1.807) is 18.2 Å². The second-order valence-corrected chi connectivity index (χ2v) is 5.29. The largest absolute Gasteiger partial charge is 0.482 e. The summed E-state index contributed by atoms with van der Waals surface area (Å²) in [6.45, 7) is 0.00455. The smallest absolute Gasteiger partial charge is 0.349 e. The Bertz CT molecular complexity index is 903. The Morgan fingerprint density at radius 3 is 2.58 bits per heavy atom. The van der Waals surface area contributed by atoms with E-state index in [0.29, 0.717) is 23.0 Å². The number of benzene rings is 3. The molecule has 0 amide bonds. The standard InChI is InChI=1S/C19H14O5/c20-19(24-16-7-8-17-18(10-16)23-12-22-17)11-21-15-6-5-13-3-1-2-4-14(13)9-15/h1-10H,11-12H2. The summed E-state index contributed by atoms with van der Waals surface area (Å²) in [5, 5.41) is 2.17. The summed E-state index contributed by atoms with van der Waals surface area (Å²) in [6.07, 6.45) is 0. The lowest BCUT2D eigenvalue weighted by Gasteiger charge is -2.08. The third-order valence-electron chi connectivity index (χ3n) is 3.65. The monoisotopic (exact) mass is 322 g/mol. The van der Waals surface area contributed by atoms with E-state index in [1.165, 1.54) is 0 Å². The minimum Gasteiger partial charge on any atom is -0.482 e. The lowest BCUT2D eigenvalue weighted by molar-refractivity contribution is -0.136. The molecule has 5 heteroatoms. The van der Waals surface area contributed by atoms with Gasteiger partial charge in [-0.15, -0.1) is 0 Å². The number of fused-ring (bicyclic) bond motifs is 2. The first-order valence-corrected chi connectivity index (χ1v) is 7.50. The summed E-state index contributed by atoms with van der Waals surface area (Å²) in [4.78, 5) is 11.9. The molecule has 0 radical (unpaired) electrons. The Labute approximate surface area is 138 Å². The van der Waals surface area contributed by atoms with E-state index in [1.807, 2.05) is 42.5 Å². The van der Waals surface area contributed by atoms with Gasteiger partial charge in [0.2, 0.25) is 6.79 Å². The van der Waals surface area contributed by atoms with Gasteiger partial charge < -0.3 is 18.9 Å². The molecule has 0 saturated heterocycles. The van der Waals surface area contributed by atoms with Crippen LogP contribution < -0.4 is 18.9 Å². The molecule has 0 unspecified atom stereocenters. The minimum atomic E-state index is -0.484. The normalized spacial score (nSPS) is 12.2. The maximum absolute atomic E-state index is 11.9. The fourth-order valence-electron chi connectivity index (χ4n) is 2.50. The van der Waals surface area contributed by atoms with Crippen LogP contribution in [0.4, 0.5) is 0 Å². The van der Waals surface area contributed by atoms with Crippen LogP contribution in [0, 0.1) is 0 Å². The maximum atomic E-state index is 11.9. The van der Waals surface area contributed by atoms with E-state index < -0.39 is 5.97 Å². The Morgan fingerprint density at radius 2 is 1.67 bits per heavy atom. The lowest BCUT2D eigenvalue weighted by atomic mass is 10.1. The molecule has 5 nitrogen and oxygen atoms in total. The summed E-state index contributed by atoms with van der Waals surface area (Å²) in [7, 11) is 0. The van der Waals surface area contributed by atoms with Crippen LogP contribution in [0.5, 0.6) is 23.0 Å². The van der Waals surface area contributed by atoms with E-state index >= 15 is 0 Å². The van der Waals surface area contributed by atoms with Crippen molar-refractivity contribution in [3.05, 3.63) is 60.7 Å². The van der Waals surface area contributed by atoms with Gasteiger partial charge in [0.05, 0.1) is 0 Å². The predicted molar refractivity (Wildman–Crippen MR) is 87.6 cm³/mol. The topological polar surface area (TPSA) is 54.0 Å². The van der Waals surface area contributed by atoms with Gasteiger partial charge in [0, 0.05) is 6.07 Å².